The molecule has 1 N–H and O–H groups in total. The Bertz CT molecular complexity index is 1000. The Morgan fingerprint density at radius 3 is 2.16 bits per heavy atom. The zero-order chi connectivity index (χ0) is 23.0. The second-order valence-corrected chi connectivity index (χ2v) is 9.25. The van der Waals surface area contributed by atoms with Gasteiger partial charge >= 0.3 is 0 Å². The fourth-order valence-electron chi connectivity index (χ4n) is 3.16. The maximum absolute atomic E-state index is 12.6. The Hall–Kier alpha value is -2.71. The lowest BCUT2D eigenvalue weighted by atomic mass is 10.1. The Morgan fingerprint density at radius 2 is 1.58 bits per heavy atom. The number of carbonyl (C=O) groups is 2. The first-order chi connectivity index (χ1) is 14.7. The first-order valence-corrected chi connectivity index (χ1v) is 11.8. The molecule has 0 heterocycles. The molecule has 0 aliphatic carbocycles. The van der Waals surface area contributed by atoms with Crippen LogP contribution in [0.15, 0.2) is 53.4 Å². The number of nitrogens with one attached hydrogen (secondary N) is 1. The van der Waals surface area contributed by atoms with E-state index in [0.717, 1.165) is 11.1 Å². The van der Waals surface area contributed by atoms with Crippen LogP contribution >= 0.6 is 0 Å². The highest BCUT2D eigenvalue weighted by molar-refractivity contribution is 7.89. The van der Waals surface area contributed by atoms with Crippen molar-refractivity contribution >= 4 is 27.5 Å². The fourth-order valence-corrected chi connectivity index (χ4v) is 4.62. The van der Waals surface area contributed by atoms with Crippen LogP contribution < -0.4 is 5.32 Å². The molecule has 0 fully saturated rings. The Kier molecular flexibility index (Phi) is 8.76. The van der Waals surface area contributed by atoms with Gasteiger partial charge in [-0.1, -0.05) is 44.2 Å². The van der Waals surface area contributed by atoms with E-state index in [2.05, 4.69) is 5.32 Å². The number of anilines is 1. The number of aryl methyl sites for hydroxylation is 1. The van der Waals surface area contributed by atoms with Crippen molar-refractivity contribution in [2.75, 3.05) is 25.5 Å². The molecule has 2 amide bonds. The topological polar surface area (TPSA) is 86.8 Å². The van der Waals surface area contributed by atoms with Gasteiger partial charge in [0.15, 0.2) is 0 Å². The number of hydrogen-bond donors (Lipinski definition) is 1. The van der Waals surface area contributed by atoms with Crippen molar-refractivity contribution in [3.63, 3.8) is 0 Å². The van der Waals surface area contributed by atoms with E-state index in [1.807, 2.05) is 38.1 Å². The van der Waals surface area contributed by atoms with Gasteiger partial charge in [-0.25, -0.2) is 8.42 Å². The van der Waals surface area contributed by atoms with Crippen LogP contribution in [0, 0.1) is 0 Å². The Morgan fingerprint density at radius 1 is 0.968 bits per heavy atom. The van der Waals surface area contributed by atoms with Gasteiger partial charge in [-0.05, 0) is 35.7 Å². The van der Waals surface area contributed by atoms with E-state index >= 15 is 0 Å². The summed E-state index contributed by atoms with van der Waals surface area (Å²) in [5, 5.41) is 2.91. The summed E-state index contributed by atoms with van der Waals surface area (Å²) >= 11 is 0. The lowest BCUT2D eigenvalue weighted by Crippen LogP contribution is -2.30. The molecule has 0 saturated carbocycles. The highest BCUT2D eigenvalue weighted by Gasteiger charge is 2.21. The molecule has 2 rings (SSSR count). The van der Waals surface area contributed by atoms with E-state index in [1.54, 1.807) is 36.2 Å². The smallest absolute Gasteiger partial charge is 0.243 e. The molecule has 8 heteroatoms. The second kappa shape index (κ2) is 11.1. The predicted octanol–water partition coefficient (Wildman–Crippen LogP) is 3.27. The Balaban J connectivity index is 1.99. The van der Waals surface area contributed by atoms with E-state index in [4.69, 9.17) is 0 Å². The van der Waals surface area contributed by atoms with Crippen molar-refractivity contribution in [1.29, 1.82) is 0 Å². The first kappa shape index (κ1) is 24.6. The minimum atomic E-state index is -3.48. The molecule has 0 spiro atoms. The SMILES string of the molecule is CCN(CC)S(=O)(=O)c1ccc(CCC(=O)Nc2ccccc2CN(C)C(C)=O)cc1. The van der Waals surface area contributed by atoms with Crippen LogP contribution in [0.2, 0.25) is 0 Å². The van der Waals surface area contributed by atoms with Gasteiger partial charge in [0.2, 0.25) is 21.8 Å². The number of hydrogen-bond acceptors (Lipinski definition) is 4. The van der Waals surface area contributed by atoms with Gasteiger partial charge in [-0.3, -0.25) is 9.59 Å². The molecule has 31 heavy (non-hydrogen) atoms. The molecule has 7 nitrogen and oxygen atoms in total. The summed E-state index contributed by atoms with van der Waals surface area (Å²) in [5.41, 5.74) is 2.43. The quantitative estimate of drug-likeness (QED) is 0.608. The molecular formula is C23H31N3O4S. The summed E-state index contributed by atoms with van der Waals surface area (Å²) in [6, 6.07) is 14.1. The van der Waals surface area contributed by atoms with Gasteiger partial charge < -0.3 is 10.2 Å². The molecule has 2 aromatic carbocycles. The van der Waals surface area contributed by atoms with Crippen molar-refractivity contribution in [2.24, 2.45) is 0 Å². The van der Waals surface area contributed by atoms with Gasteiger partial charge in [0.1, 0.15) is 0 Å². The van der Waals surface area contributed by atoms with Crippen molar-refractivity contribution in [2.45, 2.75) is 45.1 Å². The summed E-state index contributed by atoms with van der Waals surface area (Å²) in [6.45, 7) is 6.37. The summed E-state index contributed by atoms with van der Waals surface area (Å²) in [6.07, 6.45) is 0.756. The molecular weight excluding hydrogens is 414 g/mol. The molecule has 0 unspecified atom stereocenters. The van der Waals surface area contributed by atoms with Gasteiger partial charge in [0.25, 0.3) is 0 Å². The lowest BCUT2D eigenvalue weighted by molar-refractivity contribution is -0.128. The molecule has 0 saturated heterocycles. The largest absolute Gasteiger partial charge is 0.342 e. The number of rotatable bonds is 10. The summed E-state index contributed by atoms with van der Waals surface area (Å²) in [5.74, 6) is -0.189. The summed E-state index contributed by atoms with van der Waals surface area (Å²) < 4.78 is 26.5. The van der Waals surface area contributed by atoms with Crippen LogP contribution in [0.4, 0.5) is 5.69 Å². The van der Waals surface area contributed by atoms with E-state index in [1.165, 1.54) is 11.2 Å². The molecule has 0 aliphatic rings. The molecule has 0 aromatic heterocycles. The number of para-hydroxylation sites is 1. The van der Waals surface area contributed by atoms with Crippen LogP contribution in [-0.4, -0.2) is 49.6 Å². The number of benzene rings is 2. The van der Waals surface area contributed by atoms with Gasteiger partial charge in [-0.2, -0.15) is 4.31 Å². The van der Waals surface area contributed by atoms with E-state index in [9.17, 15) is 18.0 Å². The van der Waals surface area contributed by atoms with Crippen molar-refractivity contribution in [3.8, 4) is 0 Å². The minimum absolute atomic E-state index is 0.0485. The average molecular weight is 446 g/mol. The van der Waals surface area contributed by atoms with Gasteiger partial charge in [0, 0.05) is 45.7 Å². The average Bonchev–Trinajstić information content (AvgIpc) is 2.74. The highest BCUT2D eigenvalue weighted by atomic mass is 32.2. The standard InChI is InChI=1S/C23H31N3O4S/c1-5-26(6-2)31(29,30)21-14-11-19(12-15-21)13-16-23(28)24-22-10-8-7-9-20(22)17-25(4)18(3)27/h7-12,14-15H,5-6,13,16-17H2,1-4H3,(H,24,28). The van der Waals surface area contributed by atoms with Crippen LogP contribution in [0.1, 0.15) is 38.3 Å². The monoisotopic (exact) mass is 445 g/mol. The van der Waals surface area contributed by atoms with Crippen LogP contribution in [-0.2, 0) is 32.6 Å². The third-order valence-corrected chi connectivity index (χ3v) is 7.21. The molecule has 0 atom stereocenters. The van der Waals surface area contributed by atoms with E-state index in [0.29, 0.717) is 31.7 Å². The van der Waals surface area contributed by atoms with Crippen molar-refractivity contribution in [1.82, 2.24) is 9.21 Å². The molecule has 0 bridgehead atoms. The third kappa shape index (κ3) is 6.63. The number of nitrogens with zero attached hydrogens (tertiary/aromatic N) is 2. The van der Waals surface area contributed by atoms with Crippen molar-refractivity contribution in [3.05, 3.63) is 59.7 Å². The zero-order valence-corrected chi connectivity index (χ0v) is 19.4. The van der Waals surface area contributed by atoms with E-state index < -0.39 is 10.0 Å². The minimum Gasteiger partial charge on any atom is -0.342 e. The summed E-state index contributed by atoms with van der Waals surface area (Å²) in [7, 11) is -1.77. The first-order valence-electron chi connectivity index (χ1n) is 10.4. The normalized spacial score (nSPS) is 11.4. The molecule has 168 valence electrons. The maximum atomic E-state index is 12.6. The van der Waals surface area contributed by atoms with E-state index in [-0.39, 0.29) is 23.1 Å². The van der Waals surface area contributed by atoms with Gasteiger partial charge in [-0.15, -0.1) is 0 Å². The predicted molar refractivity (Wildman–Crippen MR) is 122 cm³/mol. The Labute approximate surface area is 185 Å². The van der Waals surface area contributed by atoms with Crippen LogP contribution in [0.5, 0.6) is 0 Å². The third-order valence-electron chi connectivity index (χ3n) is 5.14. The maximum Gasteiger partial charge on any atom is 0.243 e. The highest BCUT2D eigenvalue weighted by Crippen LogP contribution is 2.19. The number of sulfonamides is 1. The lowest BCUT2D eigenvalue weighted by Gasteiger charge is -2.18. The second-order valence-electron chi connectivity index (χ2n) is 7.31. The van der Waals surface area contributed by atoms with Crippen LogP contribution in [0.3, 0.4) is 0 Å². The zero-order valence-electron chi connectivity index (χ0n) is 18.6. The van der Waals surface area contributed by atoms with Crippen molar-refractivity contribution < 1.29 is 18.0 Å². The fraction of sp³-hybridized carbons (Fsp3) is 0.391. The summed E-state index contributed by atoms with van der Waals surface area (Å²) in [4.78, 5) is 25.8. The number of amides is 2. The number of carbonyl (C=O) groups excluding carboxylic acids is 2. The molecule has 2 aromatic rings. The molecule has 0 aliphatic heterocycles. The van der Waals surface area contributed by atoms with Crippen LogP contribution in [0.25, 0.3) is 0 Å². The molecule has 0 radical (unpaired) electrons. The van der Waals surface area contributed by atoms with Gasteiger partial charge in [0.05, 0.1) is 4.90 Å².